The van der Waals surface area contributed by atoms with Crippen molar-refractivity contribution in [1.82, 2.24) is 0 Å². The molecule has 0 aromatic rings. The van der Waals surface area contributed by atoms with E-state index in [1.54, 1.807) is 20.8 Å². The Morgan fingerprint density at radius 3 is 1.31 bits per heavy atom. The Bertz CT molecular complexity index is 173. The van der Waals surface area contributed by atoms with Crippen LogP contribution in [0.1, 0.15) is 20.8 Å². The summed E-state index contributed by atoms with van der Waals surface area (Å²) >= 11 is 0. The van der Waals surface area contributed by atoms with Crippen LogP contribution in [0.2, 0.25) is 0 Å². The van der Waals surface area contributed by atoms with E-state index in [0.29, 0.717) is 0 Å². The van der Waals surface area contributed by atoms with Gasteiger partial charge < -0.3 is 10.2 Å². The van der Waals surface area contributed by atoms with Gasteiger partial charge in [0.25, 0.3) is 0 Å². The Labute approximate surface area is 142 Å². The first-order chi connectivity index (χ1) is 4.76. The Kier molecular flexibility index (Phi) is 12.1. The van der Waals surface area contributed by atoms with Crippen molar-refractivity contribution in [1.29, 1.82) is 0 Å². The van der Waals surface area contributed by atoms with E-state index in [0.717, 1.165) is 0 Å². The summed E-state index contributed by atoms with van der Waals surface area (Å²) in [5, 5.41) is 17.0. The van der Waals surface area contributed by atoms with Gasteiger partial charge >= 0.3 is 92.9 Å². The fourth-order valence-electron chi connectivity index (χ4n) is 0.846. The molecular formula is C7H14KNaO4. The zero-order valence-electron chi connectivity index (χ0n) is 6.79. The second-order valence-electron chi connectivity index (χ2n) is 3.48. The number of rotatable bonds is 2. The zero-order chi connectivity index (χ0) is 9.23. The number of hydrogen-bond donors (Lipinski definition) is 2. The average Bonchev–Trinajstić information content (AvgIpc) is 1.54. The molecule has 2 N–H and O–H groups in total. The molecule has 0 heterocycles. The third kappa shape index (κ3) is 7.50. The molecule has 0 atom stereocenters. The van der Waals surface area contributed by atoms with Gasteiger partial charge in [-0.15, -0.1) is 0 Å². The van der Waals surface area contributed by atoms with Crippen molar-refractivity contribution in [2.24, 2.45) is 11.3 Å². The normalized spacial score (nSPS) is 9.85. The van der Waals surface area contributed by atoms with Gasteiger partial charge in [-0.25, -0.2) is 0 Å². The molecule has 68 valence electrons. The summed E-state index contributed by atoms with van der Waals surface area (Å²) in [5.74, 6) is -3.91. The Hall–Kier alpha value is 1.58. The Balaban J connectivity index is -0.000000500. The number of aliphatic carboxylic acids is 2. The molecule has 4 nitrogen and oxygen atoms in total. The molecule has 0 saturated carbocycles. The molecule has 0 aromatic carbocycles. The van der Waals surface area contributed by atoms with Crippen LogP contribution < -0.4 is 0 Å². The monoisotopic (exact) mass is 224 g/mol. The first kappa shape index (κ1) is 20.0. The Morgan fingerprint density at radius 2 is 1.31 bits per heavy atom. The van der Waals surface area contributed by atoms with Crippen molar-refractivity contribution >= 4 is 92.9 Å². The molecule has 0 radical (unpaired) electrons. The summed E-state index contributed by atoms with van der Waals surface area (Å²) in [7, 11) is 0. The van der Waals surface area contributed by atoms with Crippen LogP contribution in [0.25, 0.3) is 0 Å². The van der Waals surface area contributed by atoms with Gasteiger partial charge in [0.2, 0.25) is 0 Å². The Morgan fingerprint density at radius 1 is 1.08 bits per heavy atom. The number of carboxylic acids is 2. The number of hydrogen-bond acceptors (Lipinski definition) is 2. The molecule has 0 unspecified atom stereocenters. The van der Waals surface area contributed by atoms with E-state index < -0.39 is 23.3 Å². The van der Waals surface area contributed by atoms with Crippen molar-refractivity contribution in [3.63, 3.8) is 0 Å². The van der Waals surface area contributed by atoms with E-state index in [1.807, 2.05) is 0 Å². The quantitative estimate of drug-likeness (QED) is 0.491. The number of carbonyl (C=O) groups is 2. The van der Waals surface area contributed by atoms with Crippen LogP contribution in [0.5, 0.6) is 0 Å². The molecule has 6 heteroatoms. The van der Waals surface area contributed by atoms with Crippen molar-refractivity contribution in [2.45, 2.75) is 20.8 Å². The van der Waals surface area contributed by atoms with Crippen LogP contribution in [-0.2, 0) is 9.59 Å². The zero-order valence-corrected chi connectivity index (χ0v) is 6.79. The van der Waals surface area contributed by atoms with Crippen molar-refractivity contribution in [3.8, 4) is 0 Å². The molecule has 0 aromatic heterocycles. The van der Waals surface area contributed by atoms with Crippen LogP contribution >= 0.6 is 0 Å². The molecule has 0 aliphatic rings. The third-order valence-electron chi connectivity index (χ3n) is 1.36. The van der Waals surface area contributed by atoms with Gasteiger partial charge in [-0.3, -0.25) is 9.59 Å². The van der Waals surface area contributed by atoms with Crippen molar-refractivity contribution in [2.75, 3.05) is 0 Å². The van der Waals surface area contributed by atoms with Gasteiger partial charge in [-0.2, -0.15) is 0 Å². The minimum absolute atomic E-state index is 0. The molecule has 0 rings (SSSR count). The molecule has 13 heavy (non-hydrogen) atoms. The van der Waals surface area contributed by atoms with Crippen molar-refractivity contribution in [3.05, 3.63) is 0 Å². The summed E-state index contributed by atoms with van der Waals surface area (Å²) in [5.41, 5.74) is -0.738. The summed E-state index contributed by atoms with van der Waals surface area (Å²) in [4.78, 5) is 20.8. The number of carboxylic acid groups (broad SMARTS) is 2. The fraction of sp³-hybridized carbons (Fsp3) is 0.714. The van der Waals surface area contributed by atoms with E-state index in [9.17, 15) is 9.59 Å². The first-order valence-electron chi connectivity index (χ1n) is 3.22. The van der Waals surface area contributed by atoms with Crippen LogP contribution in [0.15, 0.2) is 0 Å². The van der Waals surface area contributed by atoms with E-state index in [1.165, 1.54) is 0 Å². The summed E-state index contributed by atoms with van der Waals surface area (Å²) in [6, 6.07) is 0. The van der Waals surface area contributed by atoms with Gasteiger partial charge in [-0.1, -0.05) is 20.8 Å². The molecule has 0 fully saturated rings. The van der Waals surface area contributed by atoms with E-state index in [-0.39, 0.29) is 80.9 Å². The van der Waals surface area contributed by atoms with Crippen molar-refractivity contribution < 1.29 is 19.8 Å². The van der Waals surface area contributed by atoms with E-state index in [2.05, 4.69) is 0 Å². The molecule has 0 spiro atoms. The molecule has 0 bridgehead atoms. The van der Waals surface area contributed by atoms with E-state index >= 15 is 0 Å². The topological polar surface area (TPSA) is 74.6 Å². The van der Waals surface area contributed by atoms with Gasteiger partial charge in [0, 0.05) is 0 Å². The van der Waals surface area contributed by atoms with Gasteiger partial charge in [0.15, 0.2) is 5.92 Å². The van der Waals surface area contributed by atoms with Crippen LogP contribution in [0.4, 0.5) is 0 Å². The molecular weight excluding hydrogens is 210 g/mol. The fourth-order valence-corrected chi connectivity index (χ4v) is 0.846. The van der Waals surface area contributed by atoms with Crippen LogP contribution in [-0.4, -0.2) is 103 Å². The molecule has 0 aliphatic heterocycles. The second-order valence-corrected chi connectivity index (χ2v) is 3.48. The van der Waals surface area contributed by atoms with Gasteiger partial charge in [0.05, 0.1) is 0 Å². The SMILES string of the molecule is CC(C)(C)C(C(=O)O)C(=O)O.[KH].[NaH]. The predicted molar refractivity (Wildman–Crippen MR) is 52.5 cm³/mol. The van der Waals surface area contributed by atoms with Crippen LogP contribution in [0.3, 0.4) is 0 Å². The third-order valence-corrected chi connectivity index (χ3v) is 1.36. The maximum absolute atomic E-state index is 10.4. The summed E-state index contributed by atoms with van der Waals surface area (Å²) in [6.45, 7) is 4.75. The van der Waals surface area contributed by atoms with Crippen LogP contribution in [0, 0.1) is 11.3 Å². The predicted octanol–water partition coefficient (Wildman–Crippen LogP) is -0.479. The standard InChI is InChI=1S/C7H12O4.K.Na.2H/c1-7(2,3)4(5(8)9)6(10)11;;;;/h4H,1-3H3,(H,8,9)(H,10,11);;;;. The molecule has 0 aliphatic carbocycles. The first-order valence-corrected chi connectivity index (χ1v) is 3.22. The summed E-state index contributed by atoms with van der Waals surface area (Å²) in [6.07, 6.45) is 0. The van der Waals surface area contributed by atoms with Gasteiger partial charge in [-0.05, 0) is 5.41 Å². The summed E-state index contributed by atoms with van der Waals surface area (Å²) < 4.78 is 0. The van der Waals surface area contributed by atoms with E-state index in [4.69, 9.17) is 10.2 Å². The molecule has 0 saturated heterocycles. The second kappa shape index (κ2) is 7.81. The van der Waals surface area contributed by atoms with Gasteiger partial charge in [0.1, 0.15) is 0 Å². The minimum atomic E-state index is -1.33. The average molecular weight is 224 g/mol. The molecule has 0 amide bonds. The maximum atomic E-state index is 10.4.